The van der Waals surface area contributed by atoms with E-state index in [-0.39, 0.29) is 5.54 Å². The average Bonchev–Trinajstić information content (AvgIpc) is 2.16. The van der Waals surface area contributed by atoms with E-state index >= 15 is 0 Å². The van der Waals surface area contributed by atoms with Crippen molar-refractivity contribution in [3.63, 3.8) is 0 Å². The summed E-state index contributed by atoms with van der Waals surface area (Å²) in [6.07, 6.45) is 0. The van der Waals surface area contributed by atoms with Gasteiger partial charge in [0.25, 0.3) is 0 Å². The molecule has 0 aliphatic rings. The van der Waals surface area contributed by atoms with Crippen LogP contribution in [0.1, 0.15) is 31.9 Å². The maximum Gasteiger partial charge on any atom is 0.0307 e. The van der Waals surface area contributed by atoms with Gasteiger partial charge in [0.2, 0.25) is 0 Å². The Balaban J connectivity index is 2.50. The van der Waals surface area contributed by atoms with Gasteiger partial charge in [-0.3, -0.25) is 4.72 Å². The van der Waals surface area contributed by atoms with Crippen molar-refractivity contribution in [2.45, 2.75) is 39.4 Å². The van der Waals surface area contributed by atoms with Crippen LogP contribution in [0.2, 0.25) is 0 Å². The summed E-state index contributed by atoms with van der Waals surface area (Å²) in [6.45, 7) is 8.23. The summed E-state index contributed by atoms with van der Waals surface area (Å²) in [5.41, 5.74) is 2.74. The van der Waals surface area contributed by atoms with Crippen LogP contribution in [0, 0.1) is 0 Å². The van der Waals surface area contributed by atoms with Gasteiger partial charge in [-0.1, -0.05) is 37.1 Å². The summed E-state index contributed by atoms with van der Waals surface area (Å²) in [4.78, 5) is 0. The van der Waals surface area contributed by atoms with E-state index in [1.54, 1.807) is 0 Å². The normalized spacial score (nSPS) is 11.7. The van der Waals surface area contributed by atoms with Gasteiger partial charge in [0.1, 0.15) is 0 Å². The Morgan fingerprint density at radius 1 is 1.00 bits per heavy atom. The molecule has 1 aromatic rings. The molecule has 0 bridgehead atoms. The molecule has 0 spiro atoms. The smallest absolute Gasteiger partial charge is 0.0307 e. The number of rotatable bonds is 4. The number of hydrogen-bond donors (Lipinski definition) is 3. The van der Waals surface area contributed by atoms with Gasteiger partial charge in [0.15, 0.2) is 0 Å². The molecule has 0 aliphatic heterocycles. The van der Waals surface area contributed by atoms with Gasteiger partial charge in [0.05, 0.1) is 0 Å². The van der Waals surface area contributed by atoms with Crippen molar-refractivity contribution in [3.05, 3.63) is 35.4 Å². The minimum Gasteiger partial charge on any atom is -0.308 e. The van der Waals surface area contributed by atoms with E-state index in [0.29, 0.717) is 0 Å². The van der Waals surface area contributed by atoms with Crippen LogP contribution >= 0.6 is 12.8 Å². The molecule has 2 nitrogen and oxygen atoms in total. The molecule has 2 N–H and O–H groups in total. The minimum absolute atomic E-state index is 0.172. The molecular weight excluding hydrogens is 204 g/mol. The van der Waals surface area contributed by atoms with Gasteiger partial charge in [-0.05, 0) is 31.9 Å². The van der Waals surface area contributed by atoms with Crippen molar-refractivity contribution in [1.29, 1.82) is 0 Å². The maximum absolute atomic E-state index is 3.97. The summed E-state index contributed by atoms with van der Waals surface area (Å²) in [5.74, 6) is 0. The van der Waals surface area contributed by atoms with E-state index in [1.165, 1.54) is 11.1 Å². The lowest BCUT2D eigenvalue weighted by Gasteiger charge is -2.20. The molecule has 0 amide bonds. The molecule has 0 atom stereocenters. The summed E-state index contributed by atoms with van der Waals surface area (Å²) in [7, 11) is 0. The molecule has 0 aliphatic carbocycles. The highest BCUT2D eigenvalue weighted by Crippen LogP contribution is 2.07. The summed E-state index contributed by atoms with van der Waals surface area (Å²) in [6, 6.07) is 8.56. The van der Waals surface area contributed by atoms with Gasteiger partial charge >= 0.3 is 0 Å². The van der Waals surface area contributed by atoms with Crippen LogP contribution in [0.5, 0.6) is 0 Å². The van der Waals surface area contributed by atoms with E-state index in [0.717, 1.165) is 13.1 Å². The number of hydrogen-bond acceptors (Lipinski definition) is 3. The van der Waals surface area contributed by atoms with Crippen LogP contribution in [0.4, 0.5) is 0 Å². The van der Waals surface area contributed by atoms with Crippen LogP contribution in [0.15, 0.2) is 24.3 Å². The highest BCUT2D eigenvalue weighted by atomic mass is 32.1. The lowest BCUT2D eigenvalue weighted by atomic mass is 10.1. The summed E-state index contributed by atoms with van der Waals surface area (Å²) in [5, 5.41) is 3.46. The molecule has 0 fully saturated rings. The zero-order chi connectivity index (χ0) is 11.3. The molecular formula is C12H20N2S. The monoisotopic (exact) mass is 224 g/mol. The second-order valence-electron chi connectivity index (χ2n) is 4.75. The van der Waals surface area contributed by atoms with Crippen LogP contribution < -0.4 is 10.0 Å². The molecule has 15 heavy (non-hydrogen) atoms. The van der Waals surface area contributed by atoms with Crippen LogP contribution in [0.3, 0.4) is 0 Å². The predicted octanol–water partition coefficient (Wildman–Crippen LogP) is 2.51. The van der Waals surface area contributed by atoms with Crippen molar-refractivity contribution in [2.24, 2.45) is 0 Å². The molecule has 1 aromatic carbocycles. The predicted molar refractivity (Wildman–Crippen MR) is 68.9 cm³/mol. The Hall–Kier alpha value is -0.510. The fourth-order valence-electron chi connectivity index (χ4n) is 1.23. The third-order valence-corrected chi connectivity index (χ3v) is 2.29. The van der Waals surface area contributed by atoms with Crippen LogP contribution in [-0.4, -0.2) is 5.54 Å². The van der Waals surface area contributed by atoms with Crippen molar-refractivity contribution >= 4 is 12.8 Å². The van der Waals surface area contributed by atoms with Crippen LogP contribution in [0.25, 0.3) is 0 Å². The Kier molecular flexibility index (Phi) is 4.64. The third kappa shape index (κ3) is 5.21. The molecule has 0 heterocycles. The number of benzene rings is 1. The fourth-order valence-corrected chi connectivity index (χ4v) is 1.42. The molecule has 0 aromatic heterocycles. The van der Waals surface area contributed by atoms with Crippen molar-refractivity contribution in [2.75, 3.05) is 0 Å². The summed E-state index contributed by atoms with van der Waals surface area (Å²) >= 11 is 3.97. The molecule has 3 heteroatoms. The molecule has 0 unspecified atom stereocenters. The van der Waals surface area contributed by atoms with Crippen molar-refractivity contribution in [3.8, 4) is 0 Å². The molecule has 84 valence electrons. The molecule has 0 radical (unpaired) electrons. The van der Waals surface area contributed by atoms with Gasteiger partial charge in [-0.2, -0.15) is 0 Å². The zero-order valence-electron chi connectivity index (χ0n) is 9.67. The lowest BCUT2D eigenvalue weighted by Crippen LogP contribution is -2.35. The first-order valence-electron chi connectivity index (χ1n) is 5.21. The van der Waals surface area contributed by atoms with Gasteiger partial charge in [0, 0.05) is 18.6 Å². The number of nitrogens with one attached hydrogen (secondary N) is 2. The first-order chi connectivity index (χ1) is 7.01. The maximum atomic E-state index is 3.97. The Labute approximate surface area is 98.0 Å². The SMILES string of the molecule is CC(C)(C)NCc1ccc(CNS)cc1. The van der Waals surface area contributed by atoms with Gasteiger partial charge in [-0.15, -0.1) is 0 Å². The topological polar surface area (TPSA) is 24.1 Å². The van der Waals surface area contributed by atoms with Crippen molar-refractivity contribution < 1.29 is 0 Å². The molecule has 0 saturated carbocycles. The van der Waals surface area contributed by atoms with Gasteiger partial charge in [-0.25, -0.2) is 0 Å². The molecule has 0 saturated heterocycles. The third-order valence-electron chi connectivity index (χ3n) is 2.13. The zero-order valence-corrected chi connectivity index (χ0v) is 10.6. The Morgan fingerprint density at radius 3 is 1.87 bits per heavy atom. The largest absolute Gasteiger partial charge is 0.308 e. The average molecular weight is 224 g/mol. The summed E-state index contributed by atoms with van der Waals surface area (Å²) < 4.78 is 2.84. The molecule has 1 rings (SSSR count). The standard InChI is InChI=1S/C12H20N2S/c1-12(2,3)13-8-10-4-6-11(7-5-10)9-14-15/h4-7,13-15H,8-9H2,1-3H3. The lowest BCUT2D eigenvalue weighted by molar-refractivity contribution is 0.424. The minimum atomic E-state index is 0.172. The van der Waals surface area contributed by atoms with E-state index in [9.17, 15) is 0 Å². The fraction of sp³-hybridized carbons (Fsp3) is 0.500. The van der Waals surface area contributed by atoms with Crippen molar-refractivity contribution in [1.82, 2.24) is 10.0 Å². The highest BCUT2D eigenvalue weighted by molar-refractivity contribution is 7.78. The second kappa shape index (κ2) is 5.54. The van der Waals surface area contributed by atoms with E-state index in [2.05, 4.69) is 67.9 Å². The Bertz CT molecular complexity index is 287. The van der Waals surface area contributed by atoms with Crippen LogP contribution in [-0.2, 0) is 13.1 Å². The second-order valence-corrected chi connectivity index (χ2v) is 5.07. The quantitative estimate of drug-likeness (QED) is 0.685. The number of thiol groups is 1. The van der Waals surface area contributed by atoms with E-state index in [4.69, 9.17) is 0 Å². The first kappa shape index (κ1) is 12.6. The van der Waals surface area contributed by atoms with E-state index in [1.807, 2.05) is 0 Å². The highest BCUT2D eigenvalue weighted by Gasteiger charge is 2.07. The van der Waals surface area contributed by atoms with E-state index < -0.39 is 0 Å². The Morgan fingerprint density at radius 2 is 1.47 bits per heavy atom. The first-order valence-corrected chi connectivity index (χ1v) is 5.66. The van der Waals surface area contributed by atoms with Gasteiger partial charge < -0.3 is 5.32 Å².